The van der Waals surface area contributed by atoms with E-state index in [2.05, 4.69) is 21.3 Å². The van der Waals surface area contributed by atoms with E-state index in [0.29, 0.717) is 11.3 Å². The molecule has 0 amide bonds. The number of allylic oxidation sites excluding steroid dienone is 1. The van der Waals surface area contributed by atoms with Crippen LogP contribution in [-0.2, 0) is 0 Å². The summed E-state index contributed by atoms with van der Waals surface area (Å²) in [6.07, 6.45) is -0.0901. The Morgan fingerprint density at radius 3 is 2.69 bits per heavy atom. The van der Waals surface area contributed by atoms with Crippen LogP contribution >= 0.6 is 0 Å². The Bertz CT molecular complexity index is 462. The highest BCUT2D eigenvalue weighted by atomic mass is 19.4. The lowest BCUT2D eigenvalue weighted by Crippen LogP contribution is -2.42. The molecular formula is C10H8F3N3. The molecule has 0 aromatic heterocycles. The Morgan fingerprint density at radius 1 is 1.44 bits per heavy atom. The first-order chi connectivity index (χ1) is 7.48. The average molecular weight is 227 g/mol. The summed E-state index contributed by atoms with van der Waals surface area (Å²) < 4.78 is 37.5. The van der Waals surface area contributed by atoms with E-state index < -0.39 is 12.2 Å². The zero-order valence-corrected chi connectivity index (χ0v) is 8.34. The second-order valence-electron chi connectivity index (χ2n) is 3.48. The standard InChI is InChI=1S/C10H8F3N3/c1-6-2-7(8-4-14-5-16-8)3-15-9(6)10(11,12)13/h2-4,9,15H,1H3. The van der Waals surface area contributed by atoms with Gasteiger partial charge in [0.05, 0.1) is 6.20 Å². The summed E-state index contributed by atoms with van der Waals surface area (Å²) in [4.78, 5) is 7.43. The Morgan fingerprint density at radius 2 is 2.19 bits per heavy atom. The summed E-state index contributed by atoms with van der Waals surface area (Å²) in [6, 6.07) is 0.741. The van der Waals surface area contributed by atoms with Gasteiger partial charge in [0.15, 0.2) is 0 Å². The van der Waals surface area contributed by atoms with E-state index in [4.69, 9.17) is 0 Å². The third-order valence-electron chi connectivity index (χ3n) is 2.28. The van der Waals surface area contributed by atoms with Crippen molar-refractivity contribution in [3.05, 3.63) is 35.3 Å². The molecule has 0 spiro atoms. The van der Waals surface area contributed by atoms with Gasteiger partial charge >= 0.3 is 6.18 Å². The first kappa shape index (κ1) is 10.7. The molecular weight excluding hydrogens is 219 g/mol. The first-order valence-electron chi connectivity index (χ1n) is 4.56. The van der Waals surface area contributed by atoms with Crippen LogP contribution in [0, 0.1) is 0 Å². The van der Waals surface area contributed by atoms with Crippen LogP contribution in [0.15, 0.2) is 45.3 Å². The van der Waals surface area contributed by atoms with Gasteiger partial charge in [0.2, 0.25) is 0 Å². The SMILES string of the molecule is CC1=CC(C2=CN=C=N2)=CNC1C(F)(F)F. The Labute approximate surface area is 89.8 Å². The van der Waals surface area contributed by atoms with Crippen LogP contribution in [0.25, 0.3) is 0 Å². The van der Waals surface area contributed by atoms with Gasteiger partial charge < -0.3 is 5.32 Å². The van der Waals surface area contributed by atoms with Crippen LogP contribution in [-0.4, -0.2) is 18.2 Å². The minimum absolute atomic E-state index is 0.202. The molecule has 0 aromatic carbocycles. The van der Waals surface area contributed by atoms with Crippen LogP contribution in [0.2, 0.25) is 0 Å². The molecule has 0 fully saturated rings. The van der Waals surface area contributed by atoms with Crippen molar-refractivity contribution >= 4 is 6.01 Å². The molecule has 1 N–H and O–H groups in total. The van der Waals surface area contributed by atoms with E-state index in [-0.39, 0.29) is 5.57 Å². The molecule has 16 heavy (non-hydrogen) atoms. The minimum atomic E-state index is -4.29. The van der Waals surface area contributed by atoms with Crippen molar-refractivity contribution < 1.29 is 13.2 Å². The molecule has 0 aromatic rings. The van der Waals surface area contributed by atoms with Gasteiger partial charge in [0, 0.05) is 11.8 Å². The van der Waals surface area contributed by atoms with Crippen molar-refractivity contribution in [1.82, 2.24) is 5.32 Å². The fraction of sp³-hybridized carbons (Fsp3) is 0.300. The van der Waals surface area contributed by atoms with E-state index in [0.717, 1.165) is 0 Å². The zero-order valence-electron chi connectivity index (χ0n) is 8.34. The number of aliphatic imine (C=N–C) groups is 2. The number of nitrogens with zero attached hydrogens (tertiary/aromatic N) is 2. The maximum Gasteiger partial charge on any atom is 0.412 e. The lowest BCUT2D eigenvalue weighted by atomic mass is 10.0. The second kappa shape index (κ2) is 3.64. The second-order valence-corrected chi connectivity index (χ2v) is 3.48. The molecule has 0 bridgehead atoms. The van der Waals surface area contributed by atoms with E-state index in [1.165, 1.54) is 25.4 Å². The maximum absolute atomic E-state index is 12.5. The monoisotopic (exact) mass is 227 g/mol. The molecule has 1 unspecified atom stereocenters. The predicted octanol–water partition coefficient (Wildman–Crippen LogP) is 2.38. The maximum atomic E-state index is 12.5. The van der Waals surface area contributed by atoms with Crippen molar-refractivity contribution in [2.45, 2.75) is 19.1 Å². The topological polar surface area (TPSA) is 36.8 Å². The third-order valence-corrected chi connectivity index (χ3v) is 2.28. The molecule has 0 radical (unpaired) electrons. The highest BCUT2D eigenvalue weighted by Crippen LogP contribution is 2.30. The number of halogens is 3. The Hall–Kier alpha value is -1.81. The van der Waals surface area contributed by atoms with E-state index in [9.17, 15) is 13.2 Å². The van der Waals surface area contributed by atoms with Crippen molar-refractivity contribution in [1.29, 1.82) is 0 Å². The van der Waals surface area contributed by atoms with Gasteiger partial charge in [-0.15, -0.1) is 0 Å². The van der Waals surface area contributed by atoms with Gasteiger partial charge in [-0.05, 0) is 18.6 Å². The number of nitrogens with one attached hydrogen (secondary N) is 1. The highest BCUT2D eigenvalue weighted by molar-refractivity contribution is 5.56. The van der Waals surface area contributed by atoms with Gasteiger partial charge in [0.25, 0.3) is 0 Å². The number of rotatable bonds is 1. The van der Waals surface area contributed by atoms with Crippen molar-refractivity contribution in [3.8, 4) is 0 Å². The van der Waals surface area contributed by atoms with Crippen LogP contribution in [0.1, 0.15) is 6.92 Å². The summed E-state index contributed by atoms with van der Waals surface area (Å²) in [5, 5.41) is 2.31. The molecule has 2 aliphatic rings. The van der Waals surface area contributed by atoms with Gasteiger partial charge in [0.1, 0.15) is 17.7 Å². The summed E-state index contributed by atoms with van der Waals surface area (Å²) in [5.41, 5.74) is 1.28. The largest absolute Gasteiger partial charge is 0.412 e. The van der Waals surface area contributed by atoms with E-state index >= 15 is 0 Å². The van der Waals surface area contributed by atoms with Gasteiger partial charge in [-0.3, -0.25) is 0 Å². The number of hydrogen-bond acceptors (Lipinski definition) is 3. The van der Waals surface area contributed by atoms with Gasteiger partial charge in [-0.2, -0.15) is 23.2 Å². The van der Waals surface area contributed by atoms with Crippen molar-refractivity contribution in [3.63, 3.8) is 0 Å². The normalized spacial score (nSPS) is 23.8. The molecule has 84 valence electrons. The zero-order chi connectivity index (χ0) is 11.8. The molecule has 6 heteroatoms. The van der Waals surface area contributed by atoms with Crippen LogP contribution < -0.4 is 5.32 Å². The molecule has 1 atom stereocenters. The van der Waals surface area contributed by atoms with Gasteiger partial charge in [-0.1, -0.05) is 0 Å². The highest BCUT2D eigenvalue weighted by Gasteiger charge is 2.41. The summed E-state index contributed by atoms with van der Waals surface area (Å²) in [7, 11) is 0. The lowest BCUT2D eigenvalue weighted by molar-refractivity contribution is -0.144. The third kappa shape index (κ3) is 1.92. The Balaban J connectivity index is 2.20. The molecule has 2 rings (SSSR count). The fourth-order valence-corrected chi connectivity index (χ4v) is 1.52. The number of alkyl halides is 3. The molecule has 0 saturated carbocycles. The summed E-state index contributed by atoms with van der Waals surface area (Å²) in [6.45, 7) is 1.43. The molecule has 0 saturated heterocycles. The molecule has 0 aliphatic carbocycles. The van der Waals surface area contributed by atoms with Crippen LogP contribution in [0.3, 0.4) is 0 Å². The molecule has 3 nitrogen and oxygen atoms in total. The predicted molar refractivity (Wildman–Crippen MR) is 52.8 cm³/mol. The molecule has 2 heterocycles. The molecule has 2 aliphatic heterocycles. The van der Waals surface area contributed by atoms with Crippen LogP contribution in [0.4, 0.5) is 13.2 Å². The van der Waals surface area contributed by atoms with Crippen molar-refractivity contribution in [2.24, 2.45) is 9.98 Å². The number of dihydropyridines is 1. The smallest absolute Gasteiger partial charge is 0.376 e. The quantitative estimate of drug-likeness (QED) is 0.733. The first-order valence-corrected chi connectivity index (χ1v) is 4.56. The Kier molecular flexibility index (Phi) is 2.44. The number of hydrogen-bond donors (Lipinski definition) is 1. The fourth-order valence-electron chi connectivity index (χ4n) is 1.52. The summed E-state index contributed by atoms with van der Waals surface area (Å²) in [5.74, 6) is 0. The lowest BCUT2D eigenvalue weighted by Gasteiger charge is -2.25. The van der Waals surface area contributed by atoms with E-state index in [1.54, 1.807) is 0 Å². The van der Waals surface area contributed by atoms with Gasteiger partial charge in [-0.25, -0.2) is 0 Å². The minimum Gasteiger partial charge on any atom is -0.376 e. The van der Waals surface area contributed by atoms with Crippen molar-refractivity contribution in [2.75, 3.05) is 0 Å². The average Bonchev–Trinajstić information content (AvgIpc) is 2.68. The van der Waals surface area contributed by atoms with Crippen LogP contribution in [0.5, 0.6) is 0 Å². The summed E-state index contributed by atoms with van der Waals surface area (Å²) >= 11 is 0. The van der Waals surface area contributed by atoms with E-state index in [1.807, 2.05) is 0 Å².